The predicted octanol–water partition coefficient (Wildman–Crippen LogP) is 1.45. The Labute approximate surface area is 109 Å². The van der Waals surface area contributed by atoms with E-state index < -0.39 is 10.3 Å². The zero-order valence-corrected chi connectivity index (χ0v) is 10.9. The summed E-state index contributed by atoms with van der Waals surface area (Å²) in [4.78, 5) is 18.4. The molecular weight excluding hydrogens is 248 g/mol. The van der Waals surface area contributed by atoms with Gasteiger partial charge in [0.15, 0.2) is 5.82 Å². The molecule has 0 radical (unpaired) electrons. The van der Waals surface area contributed by atoms with Crippen LogP contribution in [0.4, 0.5) is 11.5 Å². The van der Waals surface area contributed by atoms with E-state index in [1.807, 2.05) is 20.8 Å². The largest absolute Gasteiger partial charge is 0.378 e. The maximum absolute atomic E-state index is 11.2. The summed E-state index contributed by atoms with van der Waals surface area (Å²) in [6.45, 7) is 5.52. The lowest BCUT2D eigenvalue weighted by molar-refractivity contribution is -0.385. The molecule has 2 aromatic rings. The number of aromatic nitrogens is 4. The molecule has 19 heavy (non-hydrogen) atoms. The van der Waals surface area contributed by atoms with E-state index in [9.17, 15) is 10.1 Å². The molecule has 0 aromatic carbocycles. The highest BCUT2D eigenvalue weighted by Crippen LogP contribution is 2.35. The van der Waals surface area contributed by atoms with E-state index in [4.69, 9.17) is 5.73 Å². The Balaban J connectivity index is 2.70. The topological polar surface area (TPSA) is 113 Å². The molecule has 2 aromatic heterocycles. The van der Waals surface area contributed by atoms with Gasteiger partial charge in [-0.3, -0.25) is 10.1 Å². The number of nitro groups is 1. The Morgan fingerprint density at radius 1 is 1.42 bits per heavy atom. The van der Waals surface area contributed by atoms with Gasteiger partial charge >= 0.3 is 5.69 Å². The van der Waals surface area contributed by atoms with E-state index in [0.29, 0.717) is 11.5 Å². The first kappa shape index (κ1) is 12.9. The zero-order valence-electron chi connectivity index (χ0n) is 10.9. The van der Waals surface area contributed by atoms with Crippen molar-refractivity contribution >= 4 is 11.5 Å². The van der Waals surface area contributed by atoms with E-state index in [1.54, 1.807) is 6.07 Å². The van der Waals surface area contributed by atoms with Crippen molar-refractivity contribution in [1.29, 1.82) is 0 Å². The van der Waals surface area contributed by atoms with Crippen LogP contribution in [0.15, 0.2) is 18.6 Å². The normalized spacial score (nSPS) is 11.5. The second-order valence-corrected chi connectivity index (χ2v) is 5.07. The molecule has 0 aliphatic rings. The maximum Gasteiger partial charge on any atom is 0.334 e. The summed E-state index contributed by atoms with van der Waals surface area (Å²) in [6.07, 6.45) is 2.85. The van der Waals surface area contributed by atoms with Gasteiger partial charge < -0.3 is 5.73 Å². The van der Waals surface area contributed by atoms with E-state index in [0.717, 1.165) is 0 Å². The van der Waals surface area contributed by atoms with E-state index in [-0.39, 0.29) is 11.5 Å². The van der Waals surface area contributed by atoms with Gasteiger partial charge in [0.25, 0.3) is 0 Å². The van der Waals surface area contributed by atoms with Gasteiger partial charge in [0, 0.05) is 17.7 Å². The molecule has 0 amide bonds. The van der Waals surface area contributed by atoms with Crippen molar-refractivity contribution in [2.45, 2.75) is 26.2 Å². The Kier molecular flexibility index (Phi) is 2.93. The molecule has 8 nitrogen and oxygen atoms in total. The third kappa shape index (κ3) is 2.24. The fraction of sp³-hybridized carbons (Fsp3) is 0.364. The van der Waals surface area contributed by atoms with Crippen LogP contribution in [0.25, 0.3) is 5.82 Å². The van der Waals surface area contributed by atoms with Crippen LogP contribution in [0.3, 0.4) is 0 Å². The van der Waals surface area contributed by atoms with Crippen molar-refractivity contribution < 1.29 is 4.92 Å². The summed E-state index contributed by atoms with van der Waals surface area (Å²) in [5, 5.41) is 15.4. The summed E-state index contributed by atoms with van der Waals surface area (Å²) >= 11 is 0. The van der Waals surface area contributed by atoms with Gasteiger partial charge in [-0.25, -0.2) is 9.97 Å². The number of nitrogens with two attached hydrogens (primary N) is 1. The fourth-order valence-electron chi connectivity index (χ4n) is 1.69. The van der Waals surface area contributed by atoms with Gasteiger partial charge in [0.1, 0.15) is 12.0 Å². The lowest BCUT2D eigenvalue weighted by Gasteiger charge is -2.13. The smallest absolute Gasteiger partial charge is 0.334 e. The molecule has 0 aliphatic heterocycles. The van der Waals surface area contributed by atoms with E-state index in [2.05, 4.69) is 15.1 Å². The molecule has 0 saturated carbocycles. The Morgan fingerprint density at radius 2 is 2.11 bits per heavy atom. The molecule has 2 rings (SSSR count). The summed E-state index contributed by atoms with van der Waals surface area (Å²) < 4.78 is 1.26. The molecule has 8 heteroatoms. The zero-order chi connectivity index (χ0) is 14.2. The van der Waals surface area contributed by atoms with Crippen molar-refractivity contribution in [3.05, 3.63) is 34.4 Å². The van der Waals surface area contributed by atoms with Crippen LogP contribution in [0.1, 0.15) is 26.5 Å². The third-order valence-corrected chi connectivity index (χ3v) is 2.57. The van der Waals surface area contributed by atoms with Crippen LogP contribution in [-0.2, 0) is 5.41 Å². The first-order chi connectivity index (χ1) is 8.82. The summed E-state index contributed by atoms with van der Waals surface area (Å²) in [7, 11) is 0. The number of rotatable bonds is 2. The summed E-state index contributed by atoms with van der Waals surface area (Å²) in [5.41, 5.74) is 5.49. The minimum Gasteiger partial charge on any atom is -0.378 e. The molecule has 0 bridgehead atoms. The SMILES string of the molecule is CC(C)(C)c1nn(-c2ccncn2)c(N)c1[N+](=O)[O-]. The van der Waals surface area contributed by atoms with Gasteiger partial charge in [-0.1, -0.05) is 20.8 Å². The molecule has 2 heterocycles. The van der Waals surface area contributed by atoms with E-state index >= 15 is 0 Å². The molecule has 0 atom stereocenters. The van der Waals surface area contributed by atoms with Crippen molar-refractivity contribution in [3.8, 4) is 5.82 Å². The Hall–Kier alpha value is -2.51. The first-order valence-corrected chi connectivity index (χ1v) is 5.62. The van der Waals surface area contributed by atoms with Gasteiger partial charge in [-0.2, -0.15) is 9.78 Å². The maximum atomic E-state index is 11.2. The van der Waals surface area contributed by atoms with Gasteiger partial charge in [-0.05, 0) is 0 Å². The highest BCUT2D eigenvalue weighted by Gasteiger charge is 2.34. The van der Waals surface area contributed by atoms with Crippen molar-refractivity contribution in [1.82, 2.24) is 19.7 Å². The monoisotopic (exact) mass is 262 g/mol. The molecule has 2 N–H and O–H groups in total. The van der Waals surface area contributed by atoms with Crippen LogP contribution >= 0.6 is 0 Å². The van der Waals surface area contributed by atoms with Crippen LogP contribution < -0.4 is 5.73 Å². The number of hydrogen-bond acceptors (Lipinski definition) is 6. The molecule has 100 valence electrons. The highest BCUT2D eigenvalue weighted by atomic mass is 16.6. The average Bonchev–Trinajstić information content (AvgIpc) is 2.68. The Morgan fingerprint density at radius 3 is 2.53 bits per heavy atom. The quantitative estimate of drug-likeness (QED) is 0.647. The molecule has 0 fully saturated rings. The summed E-state index contributed by atoms with van der Waals surface area (Å²) in [6, 6.07) is 1.58. The van der Waals surface area contributed by atoms with Crippen molar-refractivity contribution in [2.24, 2.45) is 0 Å². The third-order valence-electron chi connectivity index (χ3n) is 2.57. The second-order valence-electron chi connectivity index (χ2n) is 5.07. The van der Waals surface area contributed by atoms with Crippen LogP contribution in [0.5, 0.6) is 0 Å². The highest BCUT2D eigenvalue weighted by molar-refractivity contribution is 5.60. The standard InChI is InChI=1S/C11H14N6O2/c1-11(2,3)9-8(17(18)19)10(12)16(15-9)7-4-5-13-6-14-7/h4-6H,12H2,1-3H3. The fourth-order valence-corrected chi connectivity index (χ4v) is 1.69. The van der Waals surface area contributed by atoms with Crippen LogP contribution in [0.2, 0.25) is 0 Å². The molecule has 0 unspecified atom stereocenters. The lowest BCUT2D eigenvalue weighted by atomic mass is 9.91. The van der Waals surface area contributed by atoms with Crippen LogP contribution in [-0.4, -0.2) is 24.7 Å². The molecule has 0 spiro atoms. The molecule has 0 aliphatic carbocycles. The predicted molar refractivity (Wildman–Crippen MR) is 68.9 cm³/mol. The minimum absolute atomic E-state index is 0.0337. The molecular formula is C11H14N6O2. The molecule has 0 saturated heterocycles. The first-order valence-electron chi connectivity index (χ1n) is 5.62. The number of nitrogens with zero attached hydrogens (tertiary/aromatic N) is 5. The average molecular weight is 262 g/mol. The second kappa shape index (κ2) is 4.30. The number of anilines is 1. The van der Waals surface area contributed by atoms with E-state index in [1.165, 1.54) is 17.2 Å². The van der Waals surface area contributed by atoms with Gasteiger partial charge in [0.2, 0.25) is 5.82 Å². The van der Waals surface area contributed by atoms with Crippen molar-refractivity contribution in [2.75, 3.05) is 5.73 Å². The van der Waals surface area contributed by atoms with Gasteiger partial charge in [0.05, 0.1) is 4.92 Å². The van der Waals surface area contributed by atoms with Gasteiger partial charge in [-0.15, -0.1) is 0 Å². The van der Waals surface area contributed by atoms with Crippen molar-refractivity contribution in [3.63, 3.8) is 0 Å². The lowest BCUT2D eigenvalue weighted by Crippen LogP contribution is -2.14. The number of hydrogen-bond donors (Lipinski definition) is 1. The number of nitrogen functional groups attached to an aromatic ring is 1. The summed E-state index contributed by atoms with van der Waals surface area (Å²) in [5.74, 6) is 0.361. The van der Waals surface area contributed by atoms with Crippen LogP contribution in [0, 0.1) is 10.1 Å². The Bertz CT molecular complexity index is 614. The minimum atomic E-state index is -0.513.